The fourth-order valence-electron chi connectivity index (χ4n) is 3.07. The zero-order valence-corrected chi connectivity index (χ0v) is 19.1. The topological polar surface area (TPSA) is 50.4 Å². The van der Waals surface area contributed by atoms with E-state index in [-0.39, 0.29) is 12.0 Å². The van der Waals surface area contributed by atoms with E-state index in [9.17, 15) is 4.79 Å². The van der Waals surface area contributed by atoms with Crippen molar-refractivity contribution in [2.45, 2.75) is 59.4 Å². The molecule has 2 N–H and O–H groups in total. The molecule has 1 aromatic carbocycles. The molecule has 2 unspecified atom stereocenters. The molecular formula is C22H30N2O2S2. The van der Waals surface area contributed by atoms with Gasteiger partial charge in [-0.2, -0.15) is 0 Å². The number of carbonyl (C=O) groups is 1. The molecule has 0 amide bonds. The molecule has 1 heterocycles. The largest absolute Gasteiger partial charge is 0.465 e. The number of esters is 1. The van der Waals surface area contributed by atoms with Gasteiger partial charge in [-0.3, -0.25) is 0 Å². The number of hydrogen-bond donors (Lipinski definition) is 2. The lowest BCUT2D eigenvalue weighted by Crippen LogP contribution is -2.32. The third-order valence-corrected chi connectivity index (χ3v) is 6.58. The maximum atomic E-state index is 12.1. The number of hydrogen-bond acceptors (Lipinski definition) is 4. The predicted octanol–water partition coefficient (Wildman–Crippen LogP) is 6.10. The van der Waals surface area contributed by atoms with E-state index in [1.165, 1.54) is 29.6 Å². The quantitative estimate of drug-likeness (QED) is 0.420. The molecule has 2 aromatic rings. The Labute approximate surface area is 177 Å². The van der Waals surface area contributed by atoms with Crippen molar-refractivity contribution < 1.29 is 9.53 Å². The van der Waals surface area contributed by atoms with Crippen LogP contribution in [0.2, 0.25) is 0 Å². The first kappa shape index (κ1) is 22.4. The molecule has 0 saturated heterocycles. The van der Waals surface area contributed by atoms with Gasteiger partial charge in [0.25, 0.3) is 0 Å². The summed E-state index contributed by atoms with van der Waals surface area (Å²) < 4.78 is 4.93. The number of thiocarbonyl (C=S) groups is 1. The second-order valence-electron chi connectivity index (χ2n) is 7.01. The minimum absolute atomic E-state index is 0.106. The Morgan fingerprint density at radius 1 is 1.14 bits per heavy atom. The number of thiophene rings is 1. The Morgan fingerprint density at radius 3 is 2.29 bits per heavy atom. The van der Waals surface area contributed by atoms with Gasteiger partial charge in [0.15, 0.2) is 5.11 Å². The number of nitrogens with one attached hydrogen (secondary N) is 2. The van der Waals surface area contributed by atoms with Crippen molar-refractivity contribution in [3.8, 4) is 0 Å². The van der Waals surface area contributed by atoms with E-state index in [0.29, 0.717) is 16.6 Å². The fourth-order valence-corrected chi connectivity index (χ4v) is 4.44. The number of methoxy groups -OCH3 is 1. The van der Waals surface area contributed by atoms with Crippen LogP contribution in [-0.2, 0) is 4.74 Å². The lowest BCUT2D eigenvalue weighted by molar-refractivity contribution is 0.0601. The van der Waals surface area contributed by atoms with Crippen molar-refractivity contribution >= 4 is 39.6 Å². The molecule has 4 nitrogen and oxygen atoms in total. The molecule has 1 aromatic heterocycles. The van der Waals surface area contributed by atoms with Gasteiger partial charge in [0.05, 0.1) is 18.7 Å². The molecule has 0 bridgehead atoms. The molecule has 28 heavy (non-hydrogen) atoms. The number of rotatable bonds is 7. The molecule has 152 valence electrons. The van der Waals surface area contributed by atoms with Crippen molar-refractivity contribution in [3.63, 3.8) is 0 Å². The van der Waals surface area contributed by atoms with Gasteiger partial charge < -0.3 is 15.4 Å². The van der Waals surface area contributed by atoms with E-state index in [1.54, 1.807) is 0 Å². The maximum Gasteiger partial charge on any atom is 0.341 e. The Balaban J connectivity index is 2.13. The normalized spacial score (nSPS) is 12.9. The van der Waals surface area contributed by atoms with Crippen molar-refractivity contribution in [1.29, 1.82) is 0 Å². The molecule has 0 aliphatic heterocycles. The summed E-state index contributed by atoms with van der Waals surface area (Å²) >= 11 is 7.04. The summed E-state index contributed by atoms with van der Waals surface area (Å²) in [5.41, 5.74) is 4.04. The molecule has 0 radical (unpaired) electrons. The van der Waals surface area contributed by atoms with Crippen LogP contribution >= 0.6 is 23.6 Å². The number of anilines is 1. The minimum atomic E-state index is -0.347. The number of carbonyl (C=O) groups excluding carboxylic acids is 1. The Morgan fingerprint density at radius 2 is 1.75 bits per heavy atom. The molecule has 0 fully saturated rings. The maximum absolute atomic E-state index is 12.1. The van der Waals surface area contributed by atoms with Crippen molar-refractivity contribution in [3.05, 3.63) is 51.4 Å². The van der Waals surface area contributed by atoms with Crippen LogP contribution in [0.5, 0.6) is 0 Å². The number of ether oxygens (including phenoxy) is 1. The summed E-state index contributed by atoms with van der Waals surface area (Å²) in [5.74, 6) is 0.215. The van der Waals surface area contributed by atoms with Crippen LogP contribution in [0.1, 0.15) is 77.5 Å². The van der Waals surface area contributed by atoms with E-state index in [2.05, 4.69) is 55.7 Å². The van der Waals surface area contributed by atoms with Crippen LogP contribution in [0.25, 0.3) is 0 Å². The fraction of sp³-hybridized carbons (Fsp3) is 0.455. The van der Waals surface area contributed by atoms with Gasteiger partial charge >= 0.3 is 5.97 Å². The van der Waals surface area contributed by atoms with Crippen LogP contribution in [0.3, 0.4) is 0 Å². The van der Waals surface area contributed by atoms with E-state index < -0.39 is 0 Å². The zero-order valence-electron chi connectivity index (χ0n) is 17.5. The third kappa shape index (κ3) is 5.11. The molecular weight excluding hydrogens is 388 g/mol. The van der Waals surface area contributed by atoms with Crippen LogP contribution in [0.4, 0.5) is 5.00 Å². The lowest BCUT2D eigenvalue weighted by Gasteiger charge is -2.21. The van der Waals surface area contributed by atoms with Crippen LogP contribution in [0, 0.1) is 13.8 Å². The van der Waals surface area contributed by atoms with Gasteiger partial charge in [-0.25, -0.2) is 4.79 Å². The average Bonchev–Trinajstić information content (AvgIpc) is 2.98. The first-order chi connectivity index (χ1) is 13.3. The molecule has 6 heteroatoms. The number of aryl methyl sites for hydroxylation is 1. The third-order valence-electron chi connectivity index (χ3n) is 5.24. The average molecular weight is 419 g/mol. The first-order valence-corrected chi connectivity index (χ1v) is 10.9. The van der Waals surface area contributed by atoms with Gasteiger partial charge in [-0.15, -0.1) is 11.3 Å². The molecule has 2 rings (SSSR count). The predicted molar refractivity (Wildman–Crippen MR) is 123 cm³/mol. The monoisotopic (exact) mass is 418 g/mol. The van der Waals surface area contributed by atoms with Crippen molar-refractivity contribution in [2.75, 3.05) is 12.4 Å². The molecule has 0 spiro atoms. The minimum Gasteiger partial charge on any atom is -0.465 e. The Hall–Kier alpha value is -1.92. The zero-order chi connectivity index (χ0) is 20.8. The summed E-state index contributed by atoms with van der Waals surface area (Å²) in [7, 11) is 1.39. The standard InChI is InChI=1S/C22H30N2O2S2/c1-7-13(3)16-9-11-17(12-10-16)18(8-2)23-22(27)24-20-19(21(25)26-6)14(4)15(5)28-20/h9-13,18H,7-8H2,1-6H3,(H2,23,24,27). The number of benzene rings is 1. The highest BCUT2D eigenvalue weighted by molar-refractivity contribution is 7.80. The second-order valence-corrected chi connectivity index (χ2v) is 8.65. The van der Waals surface area contributed by atoms with Crippen molar-refractivity contribution in [1.82, 2.24) is 5.32 Å². The van der Waals surface area contributed by atoms with Crippen LogP contribution in [-0.4, -0.2) is 18.2 Å². The Kier molecular flexibility index (Phi) is 8.01. The van der Waals surface area contributed by atoms with Gasteiger partial charge in [0.2, 0.25) is 0 Å². The Bertz CT molecular complexity index is 828. The van der Waals surface area contributed by atoms with E-state index >= 15 is 0 Å². The smallest absolute Gasteiger partial charge is 0.341 e. The molecule has 0 saturated carbocycles. The van der Waals surface area contributed by atoms with Crippen molar-refractivity contribution in [2.24, 2.45) is 0 Å². The summed E-state index contributed by atoms with van der Waals surface area (Å²) in [5, 5.41) is 7.81. The van der Waals surface area contributed by atoms with Gasteiger partial charge in [0, 0.05) is 4.88 Å². The van der Waals surface area contributed by atoms with E-state index in [0.717, 1.165) is 28.3 Å². The van der Waals surface area contributed by atoms with Crippen LogP contribution < -0.4 is 10.6 Å². The summed E-state index contributed by atoms with van der Waals surface area (Å²) in [6.07, 6.45) is 2.03. The van der Waals surface area contributed by atoms with Gasteiger partial charge in [-0.05, 0) is 61.5 Å². The summed E-state index contributed by atoms with van der Waals surface area (Å²) in [6, 6.07) is 8.85. The molecule has 2 atom stereocenters. The van der Waals surface area contributed by atoms with Gasteiger partial charge in [0.1, 0.15) is 5.00 Å². The van der Waals surface area contributed by atoms with Crippen LogP contribution in [0.15, 0.2) is 24.3 Å². The highest BCUT2D eigenvalue weighted by Gasteiger charge is 2.21. The SMILES string of the molecule is CCC(C)c1ccc(C(CC)NC(=S)Nc2sc(C)c(C)c2C(=O)OC)cc1. The summed E-state index contributed by atoms with van der Waals surface area (Å²) in [6.45, 7) is 10.5. The van der Waals surface area contributed by atoms with E-state index in [1.807, 2.05) is 13.8 Å². The first-order valence-electron chi connectivity index (χ1n) is 9.67. The molecule has 0 aliphatic rings. The highest BCUT2D eigenvalue weighted by atomic mass is 32.1. The highest BCUT2D eigenvalue weighted by Crippen LogP contribution is 2.33. The van der Waals surface area contributed by atoms with E-state index in [4.69, 9.17) is 17.0 Å². The second kappa shape index (κ2) is 10.0. The lowest BCUT2D eigenvalue weighted by atomic mass is 9.95. The summed E-state index contributed by atoms with van der Waals surface area (Å²) in [4.78, 5) is 13.2. The van der Waals surface area contributed by atoms with Gasteiger partial charge in [-0.1, -0.05) is 45.0 Å². The molecule has 0 aliphatic carbocycles.